The highest BCUT2D eigenvalue weighted by molar-refractivity contribution is 5.97. The van der Waals surface area contributed by atoms with Crippen LogP contribution in [0.1, 0.15) is 54.1 Å². The number of hydrogen-bond donors (Lipinski definition) is 1. The number of aromatic nitrogens is 2. The zero-order valence-corrected chi connectivity index (χ0v) is 15.9. The summed E-state index contributed by atoms with van der Waals surface area (Å²) in [4.78, 5) is 16.8. The molecule has 0 aliphatic carbocycles. The van der Waals surface area contributed by atoms with Crippen LogP contribution in [0.4, 0.5) is 0 Å². The maximum atomic E-state index is 12.3. The molecule has 1 amide bonds. The zero-order valence-electron chi connectivity index (χ0n) is 15.9. The van der Waals surface area contributed by atoms with Gasteiger partial charge in [-0.1, -0.05) is 32.3 Å². The van der Waals surface area contributed by atoms with E-state index in [0.717, 1.165) is 36.1 Å². The van der Waals surface area contributed by atoms with Gasteiger partial charge in [0.05, 0.1) is 11.0 Å². The number of amides is 1. The molecule has 1 N–H and O–H groups in total. The minimum atomic E-state index is -0.0238. The Balaban J connectivity index is 1.77. The SMILES string of the molecule is CCCCCCNC(=O)c1ccc2c(c1)ncn2-c1cc(C)cc(C)c1. The van der Waals surface area contributed by atoms with Crippen LogP contribution in [-0.4, -0.2) is 22.0 Å². The van der Waals surface area contributed by atoms with Crippen molar-refractivity contribution >= 4 is 16.9 Å². The van der Waals surface area contributed by atoms with Gasteiger partial charge in [-0.15, -0.1) is 0 Å². The molecule has 0 bridgehead atoms. The fraction of sp³-hybridized carbons (Fsp3) is 0.364. The summed E-state index contributed by atoms with van der Waals surface area (Å²) in [6.07, 6.45) is 6.44. The monoisotopic (exact) mass is 349 g/mol. The second-order valence-electron chi connectivity index (χ2n) is 6.98. The summed E-state index contributed by atoms with van der Waals surface area (Å²) >= 11 is 0. The average Bonchev–Trinajstić information content (AvgIpc) is 3.03. The smallest absolute Gasteiger partial charge is 0.251 e. The molecule has 1 heterocycles. The van der Waals surface area contributed by atoms with Crippen LogP contribution in [0.5, 0.6) is 0 Å². The summed E-state index contributed by atoms with van der Waals surface area (Å²) in [6.45, 7) is 7.11. The molecule has 0 aliphatic rings. The summed E-state index contributed by atoms with van der Waals surface area (Å²) in [7, 11) is 0. The van der Waals surface area contributed by atoms with Crippen molar-refractivity contribution in [2.24, 2.45) is 0 Å². The first-order valence-corrected chi connectivity index (χ1v) is 9.42. The van der Waals surface area contributed by atoms with Crippen molar-refractivity contribution in [1.29, 1.82) is 0 Å². The topological polar surface area (TPSA) is 46.9 Å². The minimum absolute atomic E-state index is 0.0238. The van der Waals surface area contributed by atoms with Crippen LogP contribution >= 0.6 is 0 Å². The Morgan fingerprint density at radius 3 is 2.54 bits per heavy atom. The summed E-state index contributed by atoms with van der Waals surface area (Å²) in [6, 6.07) is 12.2. The number of imidazole rings is 1. The van der Waals surface area contributed by atoms with E-state index in [-0.39, 0.29) is 5.91 Å². The predicted octanol–water partition coefficient (Wildman–Crippen LogP) is 4.95. The van der Waals surface area contributed by atoms with E-state index < -0.39 is 0 Å². The maximum absolute atomic E-state index is 12.3. The van der Waals surface area contributed by atoms with E-state index in [0.29, 0.717) is 5.56 Å². The Morgan fingerprint density at radius 1 is 1.04 bits per heavy atom. The molecule has 3 rings (SSSR count). The molecule has 0 saturated heterocycles. The summed E-state index contributed by atoms with van der Waals surface area (Å²) in [5, 5.41) is 3.00. The number of carbonyl (C=O) groups is 1. The van der Waals surface area contributed by atoms with E-state index in [9.17, 15) is 4.79 Å². The number of carbonyl (C=O) groups excluding carboxylic acids is 1. The molecule has 0 spiro atoms. The highest BCUT2D eigenvalue weighted by atomic mass is 16.1. The Kier molecular flexibility index (Phi) is 5.71. The molecule has 2 aromatic carbocycles. The van der Waals surface area contributed by atoms with Crippen LogP contribution in [0.15, 0.2) is 42.7 Å². The van der Waals surface area contributed by atoms with Crippen LogP contribution in [0.25, 0.3) is 16.7 Å². The predicted molar refractivity (Wildman–Crippen MR) is 107 cm³/mol. The Bertz CT molecular complexity index is 891. The van der Waals surface area contributed by atoms with Gasteiger partial charge in [0.2, 0.25) is 0 Å². The number of nitrogens with one attached hydrogen (secondary N) is 1. The Hall–Kier alpha value is -2.62. The van der Waals surface area contributed by atoms with Gasteiger partial charge in [-0.05, 0) is 61.7 Å². The molecular weight excluding hydrogens is 322 g/mol. The quantitative estimate of drug-likeness (QED) is 0.613. The first-order chi connectivity index (χ1) is 12.6. The third-order valence-corrected chi connectivity index (χ3v) is 4.61. The number of aryl methyl sites for hydroxylation is 2. The molecule has 3 aromatic rings. The lowest BCUT2D eigenvalue weighted by molar-refractivity contribution is 0.0953. The van der Waals surface area contributed by atoms with Gasteiger partial charge in [0.15, 0.2) is 0 Å². The normalized spacial score (nSPS) is 11.0. The van der Waals surface area contributed by atoms with Crippen molar-refractivity contribution in [3.05, 3.63) is 59.4 Å². The summed E-state index contributed by atoms with van der Waals surface area (Å²) in [5.74, 6) is -0.0238. The number of rotatable bonds is 7. The molecule has 0 unspecified atom stereocenters. The molecule has 0 saturated carbocycles. The van der Waals surface area contributed by atoms with E-state index in [1.807, 2.05) is 24.5 Å². The van der Waals surface area contributed by atoms with Crippen LogP contribution in [-0.2, 0) is 0 Å². The lowest BCUT2D eigenvalue weighted by Gasteiger charge is -2.08. The molecule has 0 atom stereocenters. The van der Waals surface area contributed by atoms with E-state index in [2.05, 4.69) is 53.8 Å². The fourth-order valence-corrected chi connectivity index (χ4v) is 3.31. The fourth-order valence-electron chi connectivity index (χ4n) is 3.31. The number of nitrogens with zero attached hydrogens (tertiary/aromatic N) is 2. The van der Waals surface area contributed by atoms with Gasteiger partial charge >= 0.3 is 0 Å². The molecule has 4 nitrogen and oxygen atoms in total. The van der Waals surface area contributed by atoms with Crippen LogP contribution in [0, 0.1) is 13.8 Å². The molecule has 26 heavy (non-hydrogen) atoms. The van der Waals surface area contributed by atoms with E-state index >= 15 is 0 Å². The van der Waals surface area contributed by atoms with Gasteiger partial charge in [0, 0.05) is 17.8 Å². The molecule has 136 valence electrons. The highest BCUT2D eigenvalue weighted by Crippen LogP contribution is 2.21. The van der Waals surface area contributed by atoms with E-state index in [1.165, 1.54) is 24.0 Å². The van der Waals surface area contributed by atoms with Gasteiger partial charge in [0.1, 0.15) is 6.33 Å². The largest absolute Gasteiger partial charge is 0.352 e. The number of benzene rings is 2. The van der Waals surface area contributed by atoms with Gasteiger partial charge < -0.3 is 5.32 Å². The maximum Gasteiger partial charge on any atom is 0.251 e. The minimum Gasteiger partial charge on any atom is -0.352 e. The van der Waals surface area contributed by atoms with Crippen LogP contribution in [0.2, 0.25) is 0 Å². The first kappa shape index (κ1) is 18.2. The molecule has 0 radical (unpaired) electrons. The molecule has 0 aliphatic heterocycles. The molecular formula is C22H27N3O. The second kappa shape index (κ2) is 8.17. The Labute approximate surface area is 155 Å². The lowest BCUT2D eigenvalue weighted by atomic mass is 10.1. The number of unbranched alkanes of at least 4 members (excludes halogenated alkanes) is 3. The zero-order chi connectivity index (χ0) is 18.5. The average molecular weight is 349 g/mol. The van der Waals surface area contributed by atoms with Crippen molar-refractivity contribution in [2.45, 2.75) is 46.5 Å². The van der Waals surface area contributed by atoms with E-state index in [4.69, 9.17) is 0 Å². The summed E-state index contributed by atoms with van der Waals surface area (Å²) < 4.78 is 2.07. The number of fused-ring (bicyclic) bond motifs is 1. The highest BCUT2D eigenvalue weighted by Gasteiger charge is 2.10. The van der Waals surface area contributed by atoms with Crippen molar-refractivity contribution in [3.8, 4) is 5.69 Å². The third kappa shape index (κ3) is 4.13. The summed E-state index contributed by atoms with van der Waals surface area (Å²) in [5.41, 5.74) is 6.05. The molecule has 1 aromatic heterocycles. The van der Waals surface area contributed by atoms with Crippen LogP contribution < -0.4 is 5.32 Å². The van der Waals surface area contributed by atoms with Gasteiger partial charge in [-0.25, -0.2) is 4.98 Å². The molecule has 4 heteroatoms. The van der Waals surface area contributed by atoms with Gasteiger partial charge in [-0.2, -0.15) is 0 Å². The van der Waals surface area contributed by atoms with Gasteiger partial charge in [-0.3, -0.25) is 9.36 Å². The number of hydrogen-bond acceptors (Lipinski definition) is 2. The standard InChI is InChI=1S/C22H27N3O/c1-4-5-6-7-10-23-22(26)18-8-9-21-20(14-18)24-15-25(21)19-12-16(2)11-17(3)13-19/h8-9,11-15H,4-7,10H2,1-3H3,(H,23,26). The second-order valence-corrected chi connectivity index (χ2v) is 6.98. The first-order valence-electron chi connectivity index (χ1n) is 9.42. The molecule has 0 fully saturated rings. The Morgan fingerprint density at radius 2 is 1.81 bits per heavy atom. The van der Waals surface area contributed by atoms with E-state index in [1.54, 1.807) is 0 Å². The van der Waals surface area contributed by atoms with Crippen molar-refractivity contribution in [2.75, 3.05) is 6.54 Å². The lowest BCUT2D eigenvalue weighted by Crippen LogP contribution is -2.24. The van der Waals surface area contributed by atoms with Gasteiger partial charge in [0.25, 0.3) is 5.91 Å². The van der Waals surface area contributed by atoms with Crippen molar-refractivity contribution in [3.63, 3.8) is 0 Å². The third-order valence-electron chi connectivity index (χ3n) is 4.61. The van der Waals surface area contributed by atoms with Crippen molar-refractivity contribution < 1.29 is 4.79 Å². The van der Waals surface area contributed by atoms with Crippen molar-refractivity contribution in [1.82, 2.24) is 14.9 Å². The van der Waals surface area contributed by atoms with Crippen LogP contribution in [0.3, 0.4) is 0 Å².